The molecular formula is C18H23N9O. The first-order valence-corrected chi connectivity index (χ1v) is 9.33. The van der Waals surface area contributed by atoms with E-state index in [1.165, 1.54) is 17.5 Å². The summed E-state index contributed by atoms with van der Waals surface area (Å²) in [6.45, 7) is 5.00. The highest BCUT2D eigenvalue weighted by molar-refractivity contribution is 5.75. The Morgan fingerprint density at radius 2 is 2.14 bits per heavy atom. The molecule has 1 aliphatic heterocycles. The smallest absolute Gasteiger partial charge is 0.242 e. The third kappa shape index (κ3) is 4.39. The minimum Gasteiger partial charge on any atom is -0.350 e. The zero-order valence-corrected chi connectivity index (χ0v) is 15.8. The summed E-state index contributed by atoms with van der Waals surface area (Å²) in [5.74, 6) is 0.559. The van der Waals surface area contributed by atoms with Gasteiger partial charge in [0.15, 0.2) is 5.82 Å². The molecule has 1 N–H and O–H groups in total. The SMILES string of the molecule is C[C@@H](Cn1cncn1)NC(=O)Cn1nnnc1CN1CCc2ccccc2C1. The van der Waals surface area contributed by atoms with E-state index in [2.05, 4.69) is 60.1 Å². The van der Waals surface area contributed by atoms with Gasteiger partial charge in [0.05, 0.1) is 13.1 Å². The predicted octanol–water partition coefficient (Wildman–Crippen LogP) is 0.0278. The highest BCUT2D eigenvalue weighted by Gasteiger charge is 2.19. The molecule has 3 heterocycles. The molecular weight excluding hydrogens is 358 g/mol. The normalized spacial score (nSPS) is 15.2. The molecule has 0 radical (unpaired) electrons. The predicted molar refractivity (Wildman–Crippen MR) is 99.7 cm³/mol. The molecule has 10 nitrogen and oxygen atoms in total. The second kappa shape index (κ2) is 8.26. The summed E-state index contributed by atoms with van der Waals surface area (Å²) in [6.07, 6.45) is 4.11. The van der Waals surface area contributed by atoms with Gasteiger partial charge in [0.25, 0.3) is 0 Å². The van der Waals surface area contributed by atoms with E-state index in [9.17, 15) is 4.79 Å². The molecule has 10 heteroatoms. The number of carbonyl (C=O) groups is 1. The van der Waals surface area contributed by atoms with Gasteiger partial charge in [-0.2, -0.15) is 5.10 Å². The van der Waals surface area contributed by atoms with Crippen LogP contribution < -0.4 is 5.32 Å². The molecule has 4 rings (SSSR count). The van der Waals surface area contributed by atoms with Crippen LogP contribution in [0.1, 0.15) is 23.9 Å². The summed E-state index contributed by atoms with van der Waals surface area (Å²) < 4.78 is 3.25. The lowest BCUT2D eigenvalue weighted by atomic mass is 10.00. The van der Waals surface area contributed by atoms with Crippen molar-refractivity contribution in [2.24, 2.45) is 0 Å². The molecule has 0 saturated carbocycles. The lowest BCUT2D eigenvalue weighted by Crippen LogP contribution is -2.38. The Bertz CT molecular complexity index is 921. The first-order valence-electron chi connectivity index (χ1n) is 9.33. The van der Waals surface area contributed by atoms with Crippen molar-refractivity contribution in [3.8, 4) is 0 Å². The van der Waals surface area contributed by atoms with Crippen LogP contribution >= 0.6 is 0 Å². The van der Waals surface area contributed by atoms with Crippen molar-refractivity contribution in [1.82, 2.24) is 45.2 Å². The summed E-state index contributed by atoms with van der Waals surface area (Å²) in [5, 5.41) is 18.9. The van der Waals surface area contributed by atoms with Gasteiger partial charge in [-0.05, 0) is 34.9 Å². The fourth-order valence-corrected chi connectivity index (χ4v) is 3.46. The molecule has 0 fully saturated rings. The van der Waals surface area contributed by atoms with Gasteiger partial charge >= 0.3 is 0 Å². The van der Waals surface area contributed by atoms with Crippen molar-refractivity contribution in [2.75, 3.05) is 6.54 Å². The third-order valence-electron chi connectivity index (χ3n) is 4.81. The van der Waals surface area contributed by atoms with Crippen molar-refractivity contribution in [3.05, 3.63) is 53.9 Å². The van der Waals surface area contributed by atoms with Gasteiger partial charge in [0.1, 0.15) is 19.2 Å². The lowest BCUT2D eigenvalue weighted by Gasteiger charge is -2.28. The van der Waals surface area contributed by atoms with Crippen LogP contribution in [0.3, 0.4) is 0 Å². The van der Waals surface area contributed by atoms with Crippen molar-refractivity contribution in [2.45, 2.75) is 45.6 Å². The maximum atomic E-state index is 12.4. The fourth-order valence-electron chi connectivity index (χ4n) is 3.46. The molecule has 1 aromatic carbocycles. The Kier molecular flexibility index (Phi) is 5.38. The van der Waals surface area contributed by atoms with E-state index in [1.54, 1.807) is 15.7 Å². The van der Waals surface area contributed by atoms with Gasteiger partial charge in [-0.1, -0.05) is 24.3 Å². The summed E-state index contributed by atoms with van der Waals surface area (Å²) in [4.78, 5) is 18.6. The Morgan fingerprint density at radius 3 is 2.96 bits per heavy atom. The number of fused-ring (bicyclic) bond motifs is 1. The quantitative estimate of drug-likeness (QED) is 0.615. The Morgan fingerprint density at radius 1 is 1.29 bits per heavy atom. The lowest BCUT2D eigenvalue weighted by molar-refractivity contribution is -0.122. The van der Waals surface area contributed by atoms with Gasteiger partial charge in [-0.15, -0.1) is 5.10 Å². The average Bonchev–Trinajstić information content (AvgIpc) is 3.34. The first kappa shape index (κ1) is 18.2. The summed E-state index contributed by atoms with van der Waals surface area (Å²) in [5.41, 5.74) is 2.74. The van der Waals surface area contributed by atoms with E-state index in [4.69, 9.17) is 0 Å². The van der Waals surface area contributed by atoms with Gasteiger partial charge in [0, 0.05) is 19.1 Å². The minimum atomic E-state index is -0.134. The van der Waals surface area contributed by atoms with Gasteiger partial charge in [-0.3, -0.25) is 14.4 Å². The van der Waals surface area contributed by atoms with Crippen molar-refractivity contribution in [1.29, 1.82) is 0 Å². The summed E-state index contributed by atoms with van der Waals surface area (Å²) >= 11 is 0. The standard InChI is InChI=1S/C18H23N9O/c1-14(8-26-13-19-12-20-26)21-18(28)11-27-17(22-23-24-27)10-25-7-6-15-4-2-3-5-16(15)9-25/h2-5,12-14H,6-11H2,1H3,(H,21,28)/t14-/m0/s1. The number of nitrogens with zero attached hydrogens (tertiary/aromatic N) is 8. The van der Waals surface area contributed by atoms with Crippen LogP contribution in [-0.2, 0) is 37.4 Å². The van der Waals surface area contributed by atoms with Gasteiger partial charge in [0.2, 0.25) is 5.91 Å². The topological polar surface area (TPSA) is 107 Å². The monoisotopic (exact) mass is 381 g/mol. The van der Waals surface area contributed by atoms with Crippen LogP contribution in [0.15, 0.2) is 36.9 Å². The van der Waals surface area contributed by atoms with E-state index in [-0.39, 0.29) is 18.5 Å². The molecule has 1 aliphatic rings. The van der Waals surface area contributed by atoms with Crippen molar-refractivity contribution < 1.29 is 4.79 Å². The summed E-state index contributed by atoms with van der Waals surface area (Å²) in [6, 6.07) is 8.41. The molecule has 3 aromatic rings. The molecule has 2 aromatic heterocycles. The Labute approximate surface area is 162 Å². The zero-order chi connectivity index (χ0) is 19.3. The number of rotatable bonds is 7. The molecule has 1 atom stereocenters. The van der Waals surface area contributed by atoms with Gasteiger partial charge < -0.3 is 5.32 Å². The van der Waals surface area contributed by atoms with Gasteiger partial charge in [-0.25, -0.2) is 9.67 Å². The molecule has 0 aliphatic carbocycles. The minimum absolute atomic E-state index is 0.0762. The number of nitrogens with one attached hydrogen (secondary N) is 1. The van der Waals surface area contributed by atoms with Crippen LogP contribution in [0.4, 0.5) is 0 Å². The van der Waals surface area contributed by atoms with E-state index in [0.29, 0.717) is 18.9 Å². The Balaban J connectivity index is 1.32. The maximum absolute atomic E-state index is 12.4. The van der Waals surface area contributed by atoms with Crippen molar-refractivity contribution >= 4 is 5.91 Å². The van der Waals surface area contributed by atoms with E-state index in [0.717, 1.165) is 19.5 Å². The highest BCUT2D eigenvalue weighted by atomic mass is 16.2. The first-order chi connectivity index (χ1) is 13.7. The number of aromatic nitrogens is 7. The zero-order valence-electron chi connectivity index (χ0n) is 15.8. The molecule has 28 heavy (non-hydrogen) atoms. The van der Waals surface area contributed by atoms with Crippen LogP contribution in [0.5, 0.6) is 0 Å². The van der Waals surface area contributed by atoms with Crippen LogP contribution in [0, 0.1) is 0 Å². The molecule has 0 saturated heterocycles. The number of benzene rings is 1. The van der Waals surface area contributed by atoms with Crippen molar-refractivity contribution in [3.63, 3.8) is 0 Å². The Hall–Kier alpha value is -3.14. The van der Waals surface area contributed by atoms with E-state index in [1.807, 2.05) is 6.92 Å². The van der Waals surface area contributed by atoms with Crippen LogP contribution in [0.2, 0.25) is 0 Å². The number of hydrogen-bond acceptors (Lipinski definition) is 7. The number of carbonyl (C=O) groups excluding carboxylic acids is 1. The number of tetrazole rings is 1. The average molecular weight is 381 g/mol. The molecule has 0 unspecified atom stereocenters. The highest BCUT2D eigenvalue weighted by Crippen LogP contribution is 2.19. The molecule has 1 amide bonds. The second-order valence-corrected chi connectivity index (χ2v) is 7.07. The van der Waals surface area contributed by atoms with Crippen LogP contribution in [-0.4, -0.2) is 58.4 Å². The molecule has 0 spiro atoms. The number of hydrogen-bond donors (Lipinski definition) is 1. The van der Waals surface area contributed by atoms with Crippen LogP contribution in [0.25, 0.3) is 0 Å². The largest absolute Gasteiger partial charge is 0.350 e. The summed E-state index contributed by atoms with van der Waals surface area (Å²) in [7, 11) is 0. The second-order valence-electron chi connectivity index (χ2n) is 7.07. The number of amides is 1. The van der Waals surface area contributed by atoms with E-state index < -0.39 is 0 Å². The third-order valence-corrected chi connectivity index (χ3v) is 4.81. The maximum Gasteiger partial charge on any atom is 0.242 e. The molecule has 0 bridgehead atoms. The molecule has 146 valence electrons. The fraction of sp³-hybridized carbons (Fsp3) is 0.444. The van der Waals surface area contributed by atoms with E-state index >= 15 is 0 Å².